The van der Waals surface area contributed by atoms with Crippen LogP contribution in [-0.2, 0) is 4.79 Å². The average molecular weight is 276 g/mol. The summed E-state index contributed by atoms with van der Waals surface area (Å²) in [4.78, 5) is 12.3. The molecule has 4 rings (SSSR count). The quantitative estimate of drug-likeness (QED) is 0.872. The Morgan fingerprint density at radius 3 is 2.58 bits per heavy atom. The maximum atomic E-state index is 12.3. The van der Waals surface area contributed by atoms with Crippen molar-refractivity contribution in [3.63, 3.8) is 0 Å². The van der Waals surface area contributed by atoms with Crippen LogP contribution in [0.2, 0.25) is 5.02 Å². The van der Waals surface area contributed by atoms with Crippen molar-refractivity contribution in [2.75, 3.05) is 5.32 Å². The van der Waals surface area contributed by atoms with Crippen molar-refractivity contribution in [3.8, 4) is 0 Å². The largest absolute Gasteiger partial charge is 0.326 e. The molecule has 1 aromatic carbocycles. The molecule has 5 atom stereocenters. The number of anilines is 1. The van der Waals surface area contributed by atoms with Crippen molar-refractivity contribution >= 4 is 23.2 Å². The van der Waals surface area contributed by atoms with Gasteiger partial charge in [0.05, 0.1) is 0 Å². The van der Waals surface area contributed by atoms with Crippen LogP contribution in [-0.4, -0.2) is 5.91 Å². The van der Waals surface area contributed by atoms with Gasteiger partial charge in [-0.2, -0.15) is 0 Å². The molecule has 19 heavy (non-hydrogen) atoms. The summed E-state index contributed by atoms with van der Waals surface area (Å²) in [6.45, 7) is 1.97. The lowest BCUT2D eigenvalue weighted by molar-refractivity contribution is -0.118. The number of nitrogens with one attached hydrogen (secondary N) is 1. The van der Waals surface area contributed by atoms with E-state index in [0.29, 0.717) is 16.9 Å². The Balaban J connectivity index is 1.47. The van der Waals surface area contributed by atoms with Crippen LogP contribution in [0.4, 0.5) is 5.69 Å². The van der Waals surface area contributed by atoms with Crippen LogP contribution >= 0.6 is 11.6 Å². The molecular formula is C16H18ClNO. The van der Waals surface area contributed by atoms with E-state index < -0.39 is 0 Å². The van der Waals surface area contributed by atoms with E-state index >= 15 is 0 Å². The van der Waals surface area contributed by atoms with Gasteiger partial charge in [0.2, 0.25) is 5.91 Å². The number of carbonyl (C=O) groups is 1. The Labute approximate surface area is 118 Å². The van der Waals surface area contributed by atoms with E-state index in [4.69, 9.17) is 11.6 Å². The Bertz CT molecular complexity index is 540. The van der Waals surface area contributed by atoms with Gasteiger partial charge in [-0.15, -0.1) is 0 Å². The van der Waals surface area contributed by atoms with Crippen molar-refractivity contribution in [1.82, 2.24) is 0 Å². The normalized spacial score (nSPS) is 38.1. The van der Waals surface area contributed by atoms with Gasteiger partial charge in [-0.3, -0.25) is 4.79 Å². The molecule has 0 aromatic heterocycles. The van der Waals surface area contributed by atoms with E-state index in [2.05, 4.69) is 5.32 Å². The standard InChI is InChI=1S/C16H18ClNO/c1-8-2-5-11(7-12(8)17)18-16(19)15-13-9-3-4-10(6-9)14(13)15/h2,5,7,9-10,13-15H,3-4,6H2,1H3,(H,18,19)/t9-,10+,13+,14-,15?. The van der Waals surface area contributed by atoms with Gasteiger partial charge in [0, 0.05) is 16.6 Å². The number of aryl methyl sites for hydroxylation is 1. The molecule has 3 aliphatic carbocycles. The fourth-order valence-electron chi connectivity index (χ4n) is 4.57. The van der Waals surface area contributed by atoms with Gasteiger partial charge >= 0.3 is 0 Å². The Hall–Kier alpha value is -1.02. The van der Waals surface area contributed by atoms with Crippen molar-refractivity contribution < 1.29 is 4.79 Å². The van der Waals surface area contributed by atoms with E-state index in [-0.39, 0.29) is 11.8 Å². The summed E-state index contributed by atoms with van der Waals surface area (Å²) in [6.07, 6.45) is 4.09. The zero-order chi connectivity index (χ0) is 13.1. The highest BCUT2D eigenvalue weighted by molar-refractivity contribution is 6.31. The number of carbonyl (C=O) groups excluding carboxylic acids is 1. The third-order valence-corrected chi connectivity index (χ3v) is 5.88. The highest BCUT2D eigenvalue weighted by atomic mass is 35.5. The van der Waals surface area contributed by atoms with Crippen LogP contribution in [0.15, 0.2) is 18.2 Å². The minimum absolute atomic E-state index is 0.214. The molecular weight excluding hydrogens is 258 g/mol. The number of hydrogen-bond acceptors (Lipinski definition) is 1. The fraction of sp³-hybridized carbons (Fsp3) is 0.562. The predicted molar refractivity (Wildman–Crippen MR) is 76.1 cm³/mol. The molecule has 3 heteroatoms. The first kappa shape index (κ1) is 11.8. The molecule has 100 valence electrons. The van der Waals surface area contributed by atoms with Gasteiger partial charge in [0.1, 0.15) is 0 Å². The average Bonchev–Trinajstić information content (AvgIpc) is 2.83. The van der Waals surface area contributed by atoms with Crippen molar-refractivity contribution in [3.05, 3.63) is 28.8 Å². The van der Waals surface area contributed by atoms with Crippen LogP contribution in [0.25, 0.3) is 0 Å². The summed E-state index contributed by atoms with van der Waals surface area (Å²) in [5.41, 5.74) is 1.87. The molecule has 3 aliphatic rings. The number of fused-ring (bicyclic) bond motifs is 5. The number of hydrogen-bond donors (Lipinski definition) is 1. The lowest BCUT2D eigenvalue weighted by atomic mass is 10.0. The highest BCUT2D eigenvalue weighted by Gasteiger charge is 2.67. The van der Waals surface area contributed by atoms with Crippen LogP contribution in [0.3, 0.4) is 0 Å². The minimum atomic E-state index is 0.214. The van der Waals surface area contributed by atoms with Crippen LogP contribution < -0.4 is 5.32 Å². The third-order valence-electron chi connectivity index (χ3n) is 5.48. The van der Waals surface area contributed by atoms with Crippen LogP contribution in [0, 0.1) is 36.5 Å². The summed E-state index contributed by atoms with van der Waals surface area (Å²) < 4.78 is 0. The summed E-state index contributed by atoms with van der Waals surface area (Å²) in [7, 11) is 0. The molecule has 1 aromatic rings. The smallest absolute Gasteiger partial charge is 0.228 e. The molecule has 0 aliphatic heterocycles. The lowest BCUT2D eigenvalue weighted by Gasteiger charge is -2.10. The second kappa shape index (κ2) is 3.99. The van der Waals surface area contributed by atoms with E-state index in [1.807, 2.05) is 25.1 Å². The van der Waals surface area contributed by atoms with Gasteiger partial charge in [-0.1, -0.05) is 17.7 Å². The van der Waals surface area contributed by atoms with Gasteiger partial charge in [-0.25, -0.2) is 0 Å². The second-order valence-corrected chi connectivity index (χ2v) is 6.87. The maximum Gasteiger partial charge on any atom is 0.228 e. The molecule has 0 radical (unpaired) electrons. The molecule has 3 saturated carbocycles. The Morgan fingerprint density at radius 1 is 1.26 bits per heavy atom. The molecule has 1 amide bonds. The van der Waals surface area contributed by atoms with Crippen molar-refractivity contribution in [2.24, 2.45) is 29.6 Å². The second-order valence-electron chi connectivity index (χ2n) is 6.47. The Kier molecular flexibility index (Phi) is 2.47. The topological polar surface area (TPSA) is 29.1 Å². The maximum absolute atomic E-state index is 12.3. The Morgan fingerprint density at radius 2 is 1.95 bits per heavy atom. The summed E-state index contributed by atoms with van der Waals surface area (Å²) in [5, 5.41) is 3.76. The first-order valence-corrected chi connectivity index (χ1v) is 7.60. The van der Waals surface area contributed by atoms with Gasteiger partial charge in [-0.05, 0) is 67.6 Å². The zero-order valence-electron chi connectivity index (χ0n) is 11.0. The van der Waals surface area contributed by atoms with Gasteiger partial charge in [0.15, 0.2) is 0 Å². The van der Waals surface area contributed by atoms with E-state index in [0.717, 1.165) is 23.1 Å². The van der Waals surface area contributed by atoms with Crippen LogP contribution in [0.1, 0.15) is 24.8 Å². The lowest BCUT2D eigenvalue weighted by Crippen LogP contribution is -2.18. The van der Waals surface area contributed by atoms with E-state index in [9.17, 15) is 4.79 Å². The van der Waals surface area contributed by atoms with Crippen molar-refractivity contribution in [2.45, 2.75) is 26.2 Å². The van der Waals surface area contributed by atoms with Gasteiger partial charge in [0.25, 0.3) is 0 Å². The first-order chi connectivity index (χ1) is 9.15. The molecule has 0 spiro atoms. The molecule has 0 heterocycles. The first-order valence-electron chi connectivity index (χ1n) is 7.22. The van der Waals surface area contributed by atoms with E-state index in [1.54, 1.807) is 0 Å². The molecule has 3 fully saturated rings. The van der Waals surface area contributed by atoms with Gasteiger partial charge < -0.3 is 5.32 Å². The molecule has 1 unspecified atom stereocenters. The SMILES string of the molecule is Cc1ccc(NC(=O)C2[C@@H]3[C@H]4CC[C@H](C4)[C@H]23)cc1Cl. The number of amides is 1. The fourth-order valence-corrected chi connectivity index (χ4v) is 4.75. The molecule has 0 saturated heterocycles. The summed E-state index contributed by atoms with van der Waals surface area (Å²) in [6, 6.07) is 5.74. The molecule has 2 nitrogen and oxygen atoms in total. The number of benzene rings is 1. The minimum Gasteiger partial charge on any atom is -0.326 e. The number of halogens is 1. The summed E-state index contributed by atoms with van der Waals surface area (Å²) in [5.74, 6) is 3.57. The monoisotopic (exact) mass is 275 g/mol. The summed E-state index contributed by atoms with van der Waals surface area (Å²) >= 11 is 6.09. The predicted octanol–water partition coefficient (Wildman–Crippen LogP) is 3.88. The highest BCUT2D eigenvalue weighted by Crippen LogP contribution is 2.69. The van der Waals surface area contributed by atoms with Crippen LogP contribution in [0.5, 0.6) is 0 Å². The van der Waals surface area contributed by atoms with Crippen molar-refractivity contribution in [1.29, 1.82) is 0 Å². The molecule has 2 bridgehead atoms. The zero-order valence-corrected chi connectivity index (χ0v) is 11.8. The third kappa shape index (κ3) is 1.73. The number of rotatable bonds is 2. The van der Waals surface area contributed by atoms with E-state index in [1.165, 1.54) is 19.3 Å². The molecule has 1 N–H and O–H groups in total.